The van der Waals surface area contributed by atoms with Crippen LogP contribution in [-0.2, 0) is 44.8 Å². The van der Waals surface area contributed by atoms with Crippen LogP contribution in [0.1, 0.15) is 83.1 Å². The third kappa shape index (κ3) is 9740. The number of hydrogen-bond donors (Lipinski definition) is 12. The number of aliphatic hydroxyl groups excluding tert-OH is 12. The van der Waals surface area contributed by atoms with E-state index in [0.29, 0.717) is 0 Å². The molecule has 12 nitrogen and oxygen atoms in total. The molecule has 0 amide bonds. The zero-order valence-corrected chi connectivity index (χ0v) is 37.4. The summed E-state index contributed by atoms with van der Waals surface area (Å²) in [4.78, 5) is 0. The van der Waals surface area contributed by atoms with Gasteiger partial charge in [0.25, 0.3) is 0 Å². The van der Waals surface area contributed by atoms with Crippen molar-refractivity contribution in [1.82, 2.24) is 0 Å². The predicted molar refractivity (Wildman–Crippen MR) is 159 cm³/mol. The van der Waals surface area contributed by atoms with E-state index in [-0.39, 0.29) is 170 Å². The van der Waals surface area contributed by atoms with E-state index < -0.39 is 0 Å². The summed E-state index contributed by atoms with van der Waals surface area (Å²) in [6.07, 6.45) is 0. The van der Waals surface area contributed by atoms with Gasteiger partial charge in [-0.25, -0.2) is 0 Å². The van der Waals surface area contributed by atoms with Crippen molar-refractivity contribution in [3.8, 4) is 0 Å². The molecule has 15 heteroatoms. The molecule has 4 radical (unpaired) electrons. The van der Waals surface area contributed by atoms with E-state index in [0.717, 1.165) is 0 Å². The Kier molecular flexibility index (Phi) is 748. The summed E-state index contributed by atoms with van der Waals surface area (Å²) in [5, 5.41) is 90.8. The molecule has 0 spiro atoms. The van der Waals surface area contributed by atoms with Crippen molar-refractivity contribution in [2.24, 2.45) is 0 Å². The molecule has 0 rings (SSSR count). The Morgan fingerprint density at radius 2 is 0.205 bits per heavy atom. The zero-order chi connectivity index (χ0) is 32.5. The Morgan fingerprint density at radius 3 is 0.205 bits per heavy atom. The van der Waals surface area contributed by atoms with Gasteiger partial charge in [0.05, 0.1) is 0 Å². The van der Waals surface area contributed by atoms with E-state index in [1.807, 2.05) is 0 Å². The summed E-state index contributed by atoms with van der Waals surface area (Å²) in [5.74, 6) is 0. The summed E-state index contributed by atoms with van der Waals surface area (Å²) >= 11 is 0. The Balaban J connectivity index is -0.0000000123. The largest absolute Gasteiger partial charge is 0.397 e. The van der Waals surface area contributed by atoms with Crippen LogP contribution < -0.4 is 0 Å². The second-order valence-corrected chi connectivity index (χ2v) is 3.79. The van der Waals surface area contributed by atoms with Crippen molar-refractivity contribution < 1.29 is 106 Å². The molecule has 0 aromatic carbocycles. The van der Waals surface area contributed by atoms with Crippen LogP contribution in [0.25, 0.3) is 0 Å². The van der Waals surface area contributed by atoms with Crippen molar-refractivity contribution >= 4 is 45.5 Å². The topological polar surface area (TPSA) is 243 Å². The van der Waals surface area contributed by atoms with Crippen LogP contribution in [-0.4, -0.2) is 186 Å². The Hall–Kier alpha value is 2.48. The van der Waals surface area contributed by atoms with Crippen LogP contribution in [0.5, 0.6) is 0 Å². The number of hydrogen-bond acceptors (Lipinski definition) is 12. The van der Waals surface area contributed by atoms with Crippen molar-refractivity contribution in [2.45, 2.75) is 83.1 Å². The summed E-state index contributed by atoms with van der Waals surface area (Å²) in [5.41, 5.74) is 0. The van der Waals surface area contributed by atoms with Gasteiger partial charge in [0.1, 0.15) is 0 Å². The van der Waals surface area contributed by atoms with E-state index in [9.17, 15) is 0 Å². The Labute approximate surface area is 310 Å². The van der Waals surface area contributed by atoms with Crippen LogP contribution in [0.4, 0.5) is 0 Å². The van der Waals surface area contributed by atoms with E-state index >= 15 is 0 Å². The summed E-state index contributed by atoms with van der Waals surface area (Å²) in [6, 6.07) is 0. The van der Waals surface area contributed by atoms with E-state index in [1.54, 1.807) is 83.1 Å². The first-order valence-corrected chi connectivity index (χ1v) is 12.3. The van der Waals surface area contributed by atoms with Gasteiger partial charge in [-0.1, -0.05) is 0 Å². The van der Waals surface area contributed by atoms with Gasteiger partial charge in [-0.2, -0.15) is 0 Å². The fourth-order valence-corrected chi connectivity index (χ4v) is 0. The average molecular weight is 1000 g/mol. The molecule has 0 aliphatic rings. The molecule has 12 N–H and O–H groups in total. The van der Waals surface area contributed by atoms with Crippen molar-refractivity contribution in [3.63, 3.8) is 0 Å². The van der Waals surface area contributed by atoms with Crippen molar-refractivity contribution in [3.05, 3.63) is 0 Å². The molecule has 0 aromatic rings. The average Bonchev–Trinajstić information content (AvgIpc) is 2.75. The predicted octanol–water partition coefficient (Wildman–Crippen LogP) is -0.403. The van der Waals surface area contributed by atoms with Gasteiger partial charge in [-0.15, -0.1) is 0 Å². The SMILES string of the molecule is CCO.CCO.CCO.CCO.CCO.CCO.CCO.CCO.CCO.CCO.CCO.CCO.[Sr].[Ta].[Ta]. The smallest absolute Gasteiger partial charge is 0.0402 e. The Bertz CT molecular complexity index is 94.1. The maximum Gasteiger partial charge on any atom is 0.0402 e. The van der Waals surface area contributed by atoms with Crippen LogP contribution in [0.2, 0.25) is 0 Å². The van der Waals surface area contributed by atoms with Gasteiger partial charge < -0.3 is 61.3 Å². The van der Waals surface area contributed by atoms with E-state index in [2.05, 4.69) is 0 Å². The minimum Gasteiger partial charge on any atom is -0.397 e. The Morgan fingerprint density at radius 1 is 0.205 bits per heavy atom. The van der Waals surface area contributed by atoms with Crippen molar-refractivity contribution in [2.75, 3.05) is 79.3 Å². The summed E-state index contributed by atoms with van der Waals surface area (Å²) < 4.78 is 0. The molecule has 0 fully saturated rings. The molecule has 0 atom stereocenters. The van der Waals surface area contributed by atoms with Crippen molar-refractivity contribution in [1.29, 1.82) is 0 Å². The zero-order valence-electron chi connectivity index (χ0n) is 27.5. The maximum atomic E-state index is 7.57. The van der Waals surface area contributed by atoms with E-state index in [1.165, 1.54) is 0 Å². The number of aliphatic hydroxyl groups is 12. The molecule has 0 unspecified atom stereocenters. The quantitative estimate of drug-likeness (QED) is 0.139. The normalized spacial score (nSPS) is 5.54. The molecular weight excluding hydrogens is 930 g/mol. The van der Waals surface area contributed by atoms with Crippen LogP contribution in [0, 0.1) is 0 Å². The van der Waals surface area contributed by atoms with E-state index in [4.69, 9.17) is 61.3 Å². The molecule has 0 aliphatic heterocycles. The molecule has 0 heterocycles. The van der Waals surface area contributed by atoms with Gasteiger partial charge in [-0.05, 0) is 83.1 Å². The molecule has 252 valence electrons. The summed E-state index contributed by atoms with van der Waals surface area (Å²) in [7, 11) is 0. The first kappa shape index (κ1) is 96.9. The maximum absolute atomic E-state index is 7.57. The van der Waals surface area contributed by atoms with Gasteiger partial charge in [0.15, 0.2) is 0 Å². The minimum absolute atomic E-state index is 0. The van der Waals surface area contributed by atoms with Gasteiger partial charge >= 0.3 is 0 Å². The summed E-state index contributed by atoms with van der Waals surface area (Å²) in [6.45, 7) is 23.2. The molecular formula is C24H72O12SrTa2. The molecule has 0 aromatic heterocycles. The second-order valence-electron chi connectivity index (χ2n) is 3.79. The first-order valence-electron chi connectivity index (χ1n) is 12.3. The van der Waals surface area contributed by atoms with Crippen LogP contribution >= 0.6 is 0 Å². The van der Waals surface area contributed by atoms with Gasteiger partial charge in [-0.3, -0.25) is 0 Å². The monoisotopic (exact) mass is 1000 g/mol. The van der Waals surface area contributed by atoms with Crippen LogP contribution in [0.15, 0.2) is 0 Å². The third-order valence-corrected chi connectivity index (χ3v) is 0. The minimum atomic E-state index is 0. The molecule has 0 aliphatic carbocycles. The standard InChI is InChI=1S/12C2H6O.Sr.2Ta/c12*1-2-3;;;/h12*3H,2H2,1H3;;;. The van der Waals surface area contributed by atoms with Gasteiger partial charge in [0, 0.05) is 170 Å². The fraction of sp³-hybridized carbons (Fsp3) is 1.00. The fourth-order valence-electron chi connectivity index (χ4n) is 0. The molecule has 39 heavy (non-hydrogen) atoms. The number of rotatable bonds is 0. The molecule has 0 saturated carbocycles. The van der Waals surface area contributed by atoms with Gasteiger partial charge in [0.2, 0.25) is 0 Å². The second kappa shape index (κ2) is 301. The van der Waals surface area contributed by atoms with Crippen LogP contribution in [0.3, 0.4) is 0 Å². The first-order chi connectivity index (χ1) is 17.0. The molecule has 0 bridgehead atoms. The third-order valence-electron chi connectivity index (χ3n) is 0. The molecule has 0 saturated heterocycles.